The minimum Gasteiger partial charge on any atom is -0.475 e. The molecule has 0 unspecified atom stereocenters. The van der Waals surface area contributed by atoms with Crippen molar-refractivity contribution in [3.05, 3.63) is 11.4 Å². The van der Waals surface area contributed by atoms with Gasteiger partial charge < -0.3 is 15.2 Å². The number of nitrogens with two attached hydrogens (primary N) is 1. The largest absolute Gasteiger partial charge is 0.475 e. The molecule has 0 saturated carbocycles. The van der Waals surface area contributed by atoms with E-state index in [1.54, 1.807) is 7.11 Å². The number of hydrogen-bond donors (Lipinski definition) is 1. The molecule has 0 atom stereocenters. The molecule has 2 N–H and O–H groups in total. The second-order valence-corrected chi connectivity index (χ2v) is 4.95. The van der Waals surface area contributed by atoms with Crippen LogP contribution in [0.3, 0.4) is 0 Å². The van der Waals surface area contributed by atoms with Crippen molar-refractivity contribution >= 4 is 5.82 Å². The van der Waals surface area contributed by atoms with Crippen LogP contribution in [0.25, 0.3) is 0 Å². The van der Waals surface area contributed by atoms with Gasteiger partial charge >= 0.3 is 0 Å². The van der Waals surface area contributed by atoms with Crippen molar-refractivity contribution in [1.29, 1.82) is 0 Å². The molecule has 17 heavy (non-hydrogen) atoms. The molecule has 5 heteroatoms. The van der Waals surface area contributed by atoms with E-state index in [0.717, 1.165) is 5.56 Å². The van der Waals surface area contributed by atoms with Crippen LogP contribution in [0.4, 0.5) is 5.82 Å². The van der Waals surface area contributed by atoms with E-state index >= 15 is 0 Å². The van der Waals surface area contributed by atoms with Crippen molar-refractivity contribution in [1.82, 2.24) is 9.97 Å². The molecule has 0 spiro atoms. The number of nitrogen functional groups attached to an aromatic ring is 1. The standard InChI is InChI=1S/C12H21N3O2/c1-8-9(13)14-11(12(2,3)4)15-10(8)17-7-6-16-5/h6-7H2,1-5H3,(H2,13,14,15). The van der Waals surface area contributed by atoms with E-state index < -0.39 is 0 Å². The van der Waals surface area contributed by atoms with E-state index in [0.29, 0.717) is 30.7 Å². The Bertz CT molecular complexity index is 386. The summed E-state index contributed by atoms with van der Waals surface area (Å²) in [7, 11) is 1.63. The number of anilines is 1. The number of rotatable bonds is 4. The molecule has 1 aromatic rings. The Morgan fingerprint density at radius 2 is 1.82 bits per heavy atom. The predicted molar refractivity (Wildman–Crippen MR) is 67.3 cm³/mol. The number of hydrogen-bond acceptors (Lipinski definition) is 5. The smallest absolute Gasteiger partial charge is 0.221 e. The average molecular weight is 239 g/mol. The second-order valence-electron chi connectivity index (χ2n) is 4.95. The molecular formula is C12H21N3O2. The Balaban J connectivity index is 2.99. The molecule has 1 heterocycles. The van der Waals surface area contributed by atoms with Gasteiger partial charge in [-0.15, -0.1) is 0 Å². The maximum Gasteiger partial charge on any atom is 0.221 e. The van der Waals surface area contributed by atoms with Gasteiger partial charge in [-0.25, -0.2) is 4.98 Å². The van der Waals surface area contributed by atoms with Crippen LogP contribution in [0.15, 0.2) is 0 Å². The second kappa shape index (κ2) is 5.31. The molecule has 0 bridgehead atoms. The van der Waals surface area contributed by atoms with Crippen molar-refractivity contribution in [3.63, 3.8) is 0 Å². The molecule has 0 amide bonds. The van der Waals surface area contributed by atoms with Gasteiger partial charge in [0.2, 0.25) is 5.88 Å². The Labute approximate surface area is 102 Å². The molecule has 96 valence electrons. The Morgan fingerprint density at radius 1 is 1.18 bits per heavy atom. The molecule has 0 fully saturated rings. The van der Waals surface area contributed by atoms with E-state index in [-0.39, 0.29) is 5.41 Å². The molecule has 0 aliphatic carbocycles. The lowest BCUT2D eigenvalue weighted by molar-refractivity contribution is 0.143. The summed E-state index contributed by atoms with van der Waals surface area (Å²) in [6.07, 6.45) is 0. The first-order valence-electron chi connectivity index (χ1n) is 5.62. The lowest BCUT2D eigenvalue weighted by Gasteiger charge is -2.19. The number of methoxy groups -OCH3 is 1. The zero-order chi connectivity index (χ0) is 13.1. The fourth-order valence-corrected chi connectivity index (χ4v) is 1.21. The molecule has 5 nitrogen and oxygen atoms in total. The summed E-state index contributed by atoms with van der Waals surface area (Å²) in [5.41, 5.74) is 6.48. The van der Waals surface area contributed by atoms with Crippen molar-refractivity contribution in [3.8, 4) is 5.88 Å². The van der Waals surface area contributed by atoms with E-state index in [1.165, 1.54) is 0 Å². The van der Waals surface area contributed by atoms with Gasteiger partial charge in [-0.3, -0.25) is 0 Å². The molecular weight excluding hydrogens is 218 g/mol. The molecule has 1 rings (SSSR count). The van der Waals surface area contributed by atoms with Gasteiger partial charge in [-0.2, -0.15) is 4.98 Å². The normalized spacial score (nSPS) is 11.6. The number of aromatic nitrogens is 2. The SMILES string of the molecule is COCCOc1nc(C(C)(C)C)nc(N)c1C. The van der Waals surface area contributed by atoms with E-state index in [1.807, 2.05) is 27.7 Å². The highest BCUT2D eigenvalue weighted by atomic mass is 16.5. The summed E-state index contributed by atoms with van der Waals surface area (Å²) < 4.78 is 10.5. The highest BCUT2D eigenvalue weighted by Gasteiger charge is 2.20. The molecule has 1 aromatic heterocycles. The van der Waals surface area contributed by atoms with Crippen LogP contribution < -0.4 is 10.5 Å². The lowest BCUT2D eigenvalue weighted by Crippen LogP contribution is -2.19. The summed E-state index contributed by atoms with van der Waals surface area (Å²) in [6, 6.07) is 0. The van der Waals surface area contributed by atoms with E-state index in [9.17, 15) is 0 Å². The van der Waals surface area contributed by atoms with Crippen molar-refractivity contribution < 1.29 is 9.47 Å². The summed E-state index contributed by atoms with van der Waals surface area (Å²) in [5, 5.41) is 0. The van der Waals surface area contributed by atoms with Crippen molar-refractivity contribution in [2.75, 3.05) is 26.1 Å². The highest BCUT2D eigenvalue weighted by molar-refractivity contribution is 5.45. The summed E-state index contributed by atoms with van der Waals surface area (Å²) in [6.45, 7) is 8.94. The third-order valence-corrected chi connectivity index (χ3v) is 2.34. The van der Waals surface area contributed by atoms with Gasteiger partial charge in [0.05, 0.1) is 12.2 Å². The number of ether oxygens (including phenoxy) is 2. The molecule has 0 aliphatic rings. The summed E-state index contributed by atoms with van der Waals surface area (Å²) >= 11 is 0. The zero-order valence-electron chi connectivity index (χ0n) is 11.2. The van der Waals surface area contributed by atoms with E-state index in [2.05, 4.69) is 9.97 Å². The Kier molecular flexibility index (Phi) is 4.28. The molecule has 0 radical (unpaired) electrons. The lowest BCUT2D eigenvalue weighted by atomic mass is 9.95. The Hall–Kier alpha value is -1.36. The fraction of sp³-hybridized carbons (Fsp3) is 0.667. The third-order valence-electron chi connectivity index (χ3n) is 2.34. The fourth-order valence-electron chi connectivity index (χ4n) is 1.21. The van der Waals surface area contributed by atoms with Crippen LogP contribution >= 0.6 is 0 Å². The van der Waals surface area contributed by atoms with E-state index in [4.69, 9.17) is 15.2 Å². The summed E-state index contributed by atoms with van der Waals surface area (Å²) in [5.74, 6) is 1.70. The van der Waals surface area contributed by atoms with Gasteiger partial charge in [-0.05, 0) is 6.92 Å². The summed E-state index contributed by atoms with van der Waals surface area (Å²) in [4.78, 5) is 8.70. The van der Waals surface area contributed by atoms with Crippen LogP contribution in [-0.2, 0) is 10.2 Å². The van der Waals surface area contributed by atoms with Crippen LogP contribution in [0.1, 0.15) is 32.2 Å². The van der Waals surface area contributed by atoms with Gasteiger partial charge in [0.25, 0.3) is 0 Å². The van der Waals surface area contributed by atoms with Crippen molar-refractivity contribution in [2.45, 2.75) is 33.1 Å². The minimum atomic E-state index is -0.152. The average Bonchev–Trinajstić information content (AvgIpc) is 2.22. The first-order valence-corrected chi connectivity index (χ1v) is 5.62. The van der Waals surface area contributed by atoms with Gasteiger partial charge in [0.1, 0.15) is 18.2 Å². The third kappa shape index (κ3) is 3.56. The van der Waals surface area contributed by atoms with Gasteiger partial charge in [0, 0.05) is 12.5 Å². The zero-order valence-corrected chi connectivity index (χ0v) is 11.2. The predicted octanol–water partition coefficient (Wildman–Crippen LogP) is 1.69. The molecule has 0 aliphatic heterocycles. The van der Waals surface area contributed by atoms with Crippen molar-refractivity contribution in [2.24, 2.45) is 0 Å². The van der Waals surface area contributed by atoms with Crippen LogP contribution in [-0.4, -0.2) is 30.3 Å². The highest BCUT2D eigenvalue weighted by Crippen LogP contribution is 2.25. The monoisotopic (exact) mass is 239 g/mol. The van der Waals surface area contributed by atoms with Gasteiger partial charge in [-0.1, -0.05) is 20.8 Å². The topological polar surface area (TPSA) is 70.3 Å². The maximum absolute atomic E-state index is 5.86. The molecule has 0 aromatic carbocycles. The molecule has 0 saturated heterocycles. The van der Waals surface area contributed by atoms with Crippen LogP contribution in [0.5, 0.6) is 5.88 Å². The minimum absolute atomic E-state index is 0.152. The van der Waals surface area contributed by atoms with Gasteiger partial charge in [0.15, 0.2) is 0 Å². The first-order chi connectivity index (χ1) is 7.86. The quantitative estimate of drug-likeness (QED) is 0.810. The van der Waals surface area contributed by atoms with Crippen LogP contribution in [0.2, 0.25) is 0 Å². The number of nitrogens with zero attached hydrogens (tertiary/aromatic N) is 2. The van der Waals surface area contributed by atoms with Crippen LogP contribution in [0, 0.1) is 6.92 Å². The Morgan fingerprint density at radius 3 is 2.35 bits per heavy atom. The maximum atomic E-state index is 5.86. The first kappa shape index (κ1) is 13.7.